The Bertz CT molecular complexity index is 288. The van der Waals surface area contributed by atoms with E-state index >= 15 is 0 Å². The van der Waals surface area contributed by atoms with Crippen LogP contribution in [0.15, 0.2) is 12.4 Å². The van der Waals surface area contributed by atoms with Crippen molar-refractivity contribution in [3.8, 4) is 0 Å². The molecule has 0 spiro atoms. The summed E-state index contributed by atoms with van der Waals surface area (Å²) in [6.45, 7) is 10.2. The Labute approximate surface area is 98.8 Å². The summed E-state index contributed by atoms with van der Waals surface area (Å²) in [6.07, 6.45) is 6.36. The molecule has 1 aromatic rings. The van der Waals surface area contributed by atoms with E-state index in [4.69, 9.17) is 4.74 Å². The van der Waals surface area contributed by atoms with Gasteiger partial charge in [0.05, 0.1) is 12.2 Å². The maximum Gasteiger partial charge on any atom is 0.0563 e. The predicted octanol–water partition coefficient (Wildman–Crippen LogP) is 3.38. The number of hydrogen-bond donors (Lipinski definition) is 0. The zero-order chi connectivity index (χ0) is 12.0. The average molecular weight is 224 g/mol. The summed E-state index contributed by atoms with van der Waals surface area (Å²) in [5.41, 5.74) is 1.33. The van der Waals surface area contributed by atoms with Gasteiger partial charge in [-0.3, -0.25) is 4.68 Å². The summed E-state index contributed by atoms with van der Waals surface area (Å²) in [5, 5.41) is 4.42. The van der Waals surface area contributed by atoms with Crippen LogP contribution in [0.25, 0.3) is 0 Å². The van der Waals surface area contributed by atoms with Gasteiger partial charge >= 0.3 is 0 Å². The van der Waals surface area contributed by atoms with Crippen molar-refractivity contribution < 1.29 is 4.74 Å². The van der Waals surface area contributed by atoms with Crippen molar-refractivity contribution in [3.63, 3.8) is 0 Å². The number of hydrogen-bond acceptors (Lipinski definition) is 2. The first-order chi connectivity index (χ1) is 7.77. The lowest BCUT2D eigenvalue weighted by atomic mass is 10.1. The Morgan fingerprint density at radius 1 is 1.31 bits per heavy atom. The molecule has 3 heteroatoms. The lowest BCUT2D eigenvalue weighted by Gasteiger charge is -2.22. The van der Waals surface area contributed by atoms with E-state index in [0.717, 1.165) is 26.1 Å². The molecule has 1 saturated heterocycles. The molecule has 2 rings (SSSR count). The van der Waals surface area contributed by atoms with Crippen LogP contribution >= 0.6 is 0 Å². The van der Waals surface area contributed by atoms with Gasteiger partial charge in [0.2, 0.25) is 0 Å². The molecule has 0 N–H and O–H groups in total. The number of nitrogens with zero attached hydrogens (tertiary/aromatic N) is 2. The minimum Gasteiger partial charge on any atom is -0.381 e. The fourth-order valence-corrected chi connectivity index (χ4v) is 1.80. The second-order valence-electron chi connectivity index (χ2n) is 4.25. The van der Waals surface area contributed by atoms with Gasteiger partial charge in [0, 0.05) is 19.4 Å². The lowest BCUT2D eigenvalue weighted by molar-refractivity contribution is 0.0662. The smallest absolute Gasteiger partial charge is 0.0563 e. The van der Waals surface area contributed by atoms with Crippen LogP contribution in [0.4, 0.5) is 0 Å². The molecule has 0 aromatic carbocycles. The second kappa shape index (κ2) is 6.69. The second-order valence-corrected chi connectivity index (χ2v) is 4.25. The molecule has 1 aliphatic rings. The van der Waals surface area contributed by atoms with Crippen molar-refractivity contribution in [2.75, 3.05) is 13.2 Å². The van der Waals surface area contributed by atoms with Gasteiger partial charge in [-0.25, -0.2) is 0 Å². The van der Waals surface area contributed by atoms with Crippen LogP contribution in [-0.4, -0.2) is 23.0 Å². The monoisotopic (exact) mass is 224 g/mol. The Hall–Kier alpha value is -0.830. The molecule has 0 bridgehead atoms. The van der Waals surface area contributed by atoms with Crippen molar-refractivity contribution >= 4 is 0 Å². The average Bonchev–Trinajstić information content (AvgIpc) is 2.82. The summed E-state index contributed by atoms with van der Waals surface area (Å²) in [7, 11) is 0. The van der Waals surface area contributed by atoms with E-state index in [1.165, 1.54) is 5.56 Å². The molecule has 92 valence electrons. The molecule has 1 fully saturated rings. The summed E-state index contributed by atoms with van der Waals surface area (Å²) in [4.78, 5) is 0. The quantitative estimate of drug-likeness (QED) is 0.770. The Balaban J connectivity index is 0.000000606. The molecule has 1 aliphatic heterocycles. The maximum atomic E-state index is 5.33. The summed E-state index contributed by atoms with van der Waals surface area (Å²) in [6, 6.07) is 0.552. The van der Waals surface area contributed by atoms with E-state index in [1.54, 1.807) is 0 Å². The van der Waals surface area contributed by atoms with Crippen molar-refractivity contribution in [3.05, 3.63) is 18.0 Å². The number of rotatable bonds is 2. The Morgan fingerprint density at radius 2 is 1.94 bits per heavy atom. The van der Waals surface area contributed by atoms with Gasteiger partial charge in [-0.1, -0.05) is 27.7 Å². The van der Waals surface area contributed by atoms with Crippen molar-refractivity contribution in [1.82, 2.24) is 9.78 Å². The summed E-state index contributed by atoms with van der Waals surface area (Å²) >= 11 is 0. The van der Waals surface area contributed by atoms with Gasteiger partial charge in [0.1, 0.15) is 0 Å². The van der Waals surface area contributed by atoms with Gasteiger partial charge in [-0.15, -0.1) is 0 Å². The summed E-state index contributed by atoms with van der Waals surface area (Å²) in [5.74, 6) is 0.573. The highest BCUT2D eigenvalue weighted by molar-refractivity contribution is 5.09. The first-order valence-electron chi connectivity index (χ1n) is 6.39. The number of aromatic nitrogens is 2. The first-order valence-corrected chi connectivity index (χ1v) is 6.39. The molecule has 0 saturated carbocycles. The predicted molar refractivity (Wildman–Crippen MR) is 66.8 cm³/mol. The van der Waals surface area contributed by atoms with Crippen LogP contribution in [0, 0.1) is 0 Å². The molecule has 0 aliphatic carbocycles. The van der Waals surface area contributed by atoms with Crippen molar-refractivity contribution in [2.24, 2.45) is 0 Å². The van der Waals surface area contributed by atoms with Crippen molar-refractivity contribution in [2.45, 2.75) is 52.5 Å². The molecule has 0 atom stereocenters. The fourth-order valence-electron chi connectivity index (χ4n) is 1.80. The normalized spacial score (nSPS) is 17.1. The summed E-state index contributed by atoms with van der Waals surface area (Å²) < 4.78 is 7.44. The third-order valence-corrected chi connectivity index (χ3v) is 2.85. The van der Waals surface area contributed by atoms with E-state index in [0.29, 0.717) is 12.0 Å². The third-order valence-electron chi connectivity index (χ3n) is 2.85. The largest absolute Gasteiger partial charge is 0.381 e. The molecule has 0 unspecified atom stereocenters. The van der Waals surface area contributed by atoms with Crippen molar-refractivity contribution in [1.29, 1.82) is 0 Å². The van der Waals surface area contributed by atoms with E-state index < -0.39 is 0 Å². The van der Waals surface area contributed by atoms with Gasteiger partial charge in [-0.05, 0) is 24.3 Å². The van der Waals surface area contributed by atoms with Gasteiger partial charge < -0.3 is 4.74 Å². The topological polar surface area (TPSA) is 27.1 Å². The lowest BCUT2D eigenvalue weighted by Crippen LogP contribution is -2.19. The van der Waals surface area contributed by atoms with Crippen LogP contribution in [0.2, 0.25) is 0 Å². The Morgan fingerprint density at radius 3 is 2.44 bits per heavy atom. The fraction of sp³-hybridized carbons (Fsp3) is 0.769. The van der Waals surface area contributed by atoms with E-state index in [1.807, 2.05) is 20.0 Å². The van der Waals surface area contributed by atoms with Crippen LogP contribution in [-0.2, 0) is 4.74 Å². The highest BCUT2D eigenvalue weighted by Gasteiger charge is 2.16. The maximum absolute atomic E-state index is 5.33. The van der Waals surface area contributed by atoms with E-state index in [2.05, 4.69) is 29.8 Å². The third kappa shape index (κ3) is 3.34. The zero-order valence-corrected chi connectivity index (χ0v) is 10.9. The molecule has 0 amide bonds. The highest BCUT2D eigenvalue weighted by Crippen LogP contribution is 2.22. The van der Waals surface area contributed by atoms with Crippen LogP contribution < -0.4 is 0 Å². The molecular formula is C13H24N2O. The molecule has 16 heavy (non-hydrogen) atoms. The van der Waals surface area contributed by atoms with Crippen LogP contribution in [0.1, 0.15) is 58.1 Å². The van der Waals surface area contributed by atoms with E-state index in [-0.39, 0.29) is 0 Å². The zero-order valence-electron chi connectivity index (χ0n) is 10.9. The van der Waals surface area contributed by atoms with Gasteiger partial charge in [0.25, 0.3) is 0 Å². The van der Waals surface area contributed by atoms with E-state index in [9.17, 15) is 0 Å². The highest BCUT2D eigenvalue weighted by atomic mass is 16.5. The van der Waals surface area contributed by atoms with Gasteiger partial charge in [-0.2, -0.15) is 5.10 Å². The minimum atomic E-state index is 0.552. The molecule has 3 nitrogen and oxygen atoms in total. The first kappa shape index (κ1) is 13.2. The standard InChI is InChI=1S/C11H18N2O.C2H6/c1-9(2)10-7-12-13(8-10)11-3-5-14-6-4-11;1-2/h7-9,11H,3-6H2,1-2H3;1-2H3. The SMILES string of the molecule is CC.CC(C)c1cnn(C2CCOCC2)c1. The molecule has 1 aromatic heterocycles. The van der Waals surface area contributed by atoms with Gasteiger partial charge in [0.15, 0.2) is 0 Å². The van der Waals surface area contributed by atoms with Crippen LogP contribution in [0.5, 0.6) is 0 Å². The molecule has 0 radical (unpaired) electrons. The molecule has 2 heterocycles. The number of ether oxygens (including phenoxy) is 1. The Kier molecular flexibility index (Phi) is 5.53. The minimum absolute atomic E-state index is 0.552. The van der Waals surface area contributed by atoms with Crippen LogP contribution in [0.3, 0.4) is 0 Å². The molecular weight excluding hydrogens is 200 g/mol.